The van der Waals surface area contributed by atoms with Crippen LogP contribution in [-0.2, 0) is 14.0 Å². The number of esters is 1. The molecule has 1 unspecified atom stereocenters. The molecule has 28 heavy (non-hydrogen) atoms. The van der Waals surface area contributed by atoms with Crippen LogP contribution in [0.4, 0.5) is 0 Å². The van der Waals surface area contributed by atoms with Crippen LogP contribution in [0.25, 0.3) is 0 Å². The lowest BCUT2D eigenvalue weighted by molar-refractivity contribution is -0.166. The Bertz CT molecular complexity index is 569. The Morgan fingerprint density at radius 3 is 2.39 bits per heavy atom. The molecule has 1 heterocycles. The summed E-state index contributed by atoms with van der Waals surface area (Å²) in [6, 6.07) is 0. The third-order valence-electron chi connectivity index (χ3n) is 6.65. The maximum absolute atomic E-state index is 12.6. The fraction of sp³-hybridized carbons (Fsp3) is 0.792. The van der Waals surface area contributed by atoms with Crippen molar-refractivity contribution in [3.05, 3.63) is 23.3 Å². The molecule has 0 N–H and O–H groups in total. The molecule has 0 aromatic rings. The summed E-state index contributed by atoms with van der Waals surface area (Å²) in [4.78, 5) is 12.6. The Balaban J connectivity index is 2.53. The van der Waals surface area contributed by atoms with Crippen LogP contribution >= 0.6 is 0 Å². The maximum Gasteiger partial charge on any atom is 0.309 e. The van der Waals surface area contributed by atoms with Crippen LogP contribution in [0.1, 0.15) is 80.6 Å². The van der Waals surface area contributed by atoms with Crippen LogP contribution in [0.3, 0.4) is 0 Å². The van der Waals surface area contributed by atoms with Gasteiger partial charge in [0.15, 0.2) is 8.32 Å². The lowest BCUT2D eigenvalue weighted by Crippen LogP contribution is -2.45. The second-order valence-electron chi connectivity index (χ2n) is 10.2. The van der Waals surface area contributed by atoms with E-state index in [0.29, 0.717) is 12.5 Å². The third kappa shape index (κ3) is 7.86. The molecule has 1 aliphatic heterocycles. The van der Waals surface area contributed by atoms with E-state index < -0.39 is 8.32 Å². The van der Waals surface area contributed by atoms with Crippen molar-refractivity contribution in [2.24, 2.45) is 11.8 Å². The first-order chi connectivity index (χ1) is 12.9. The summed E-state index contributed by atoms with van der Waals surface area (Å²) in [6.45, 7) is 20.5. The van der Waals surface area contributed by atoms with Crippen molar-refractivity contribution in [3.8, 4) is 0 Å². The zero-order chi connectivity index (χ0) is 21.5. The van der Waals surface area contributed by atoms with Crippen LogP contribution in [-0.4, -0.2) is 27.0 Å². The van der Waals surface area contributed by atoms with Gasteiger partial charge in [0.05, 0.1) is 12.5 Å². The first-order valence-corrected chi connectivity index (χ1v) is 13.9. The van der Waals surface area contributed by atoms with Gasteiger partial charge in [-0.2, -0.15) is 0 Å². The summed E-state index contributed by atoms with van der Waals surface area (Å²) in [6.07, 6.45) is 9.42. The quantitative estimate of drug-likeness (QED) is 0.233. The van der Waals surface area contributed by atoms with E-state index in [1.165, 1.54) is 11.1 Å². The molecular formula is C24H44O3Si. The molecule has 0 aromatic carbocycles. The van der Waals surface area contributed by atoms with Crippen LogP contribution in [0.2, 0.25) is 18.1 Å². The minimum atomic E-state index is -1.81. The zero-order valence-corrected chi connectivity index (χ0v) is 20.9. The molecule has 0 spiro atoms. The fourth-order valence-electron chi connectivity index (χ4n) is 3.18. The largest absolute Gasteiger partial charge is 0.460 e. The standard InChI is InChI=1S/C24H44O3Si/c1-10-18(2)12-11-13-19(3)14-15-22-20(4)16-21(27-23(22)25)17-26-28(8,9)24(5,6)7/h12,14,20-22H,10-11,13,15-17H2,1-9H3/b18-12-,19-14+/t20-,21-,22?/m0/s1. The summed E-state index contributed by atoms with van der Waals surface area (Å²) in [7, 11) is -1.81. The molecule has 3 nitrogen and oxygen atoms in total. The SMILES string of the molecule is CC/C(C)=C\CC/C(C)=C/CC1C(=O)O[C@H](CO[Si](C)(C)C(C)(C)C)C[C@@H]1C. The third-order valence-corrected chi connectivity index (χ3v) is 11.2. The van der Waals surface area contributed by atoms with Gasteiger partial charge in [-0.25, -0.2) is 0 Å². The molecule has 0 aromatic heterocycles. The highest BCUT2D eigenvalue weighted by molar-refractivity contribution is 6.74. The Hall–Kier alpha value is -0.873. The summed E-state index contributed by atoms with van der Waals surface area (Å²) < 4.78 is 12.0. The zero-order valence-electron chi connectivity index (χ0n) is 19.9. The monoisotopic (exact) mass is 408 g/mol. The number of carbonyl (C=O) groups excluding carboxylic acids is 1. The molecule has 0 aliphatic carbocycles. The molecule has 1 rings (SSSR count). The van der Waals surface area contributed by atoms with Crippen molar-refractivity contribution in [1.29, 1.82) is 0 Å². The number of hydrogen-bond donors (Lipinski definition) is 0. The normalized spacial score (nSPS) is 25.0. The molecule has 4 heteroatoms. The van der Waals surface area contributed by atoms with Gasteiger partial charge in [-0.3, -0.25) is 4.79 Å². The van der Waals surface area contributed by atoms with Gasteiger partial charge in [0.2, 0.25) is 0 Å². The summed E-state index contributed by atoms with van der Waals surface area (Å²) in [5.74, 6) is 0.265. The molecule has 0 amide bonds. The highest BCUT2D eigenvalue weighted by Crippen LogP contribution is 2.37. The molecule has 1 saturated heterocycles. The van der Waals surface area contributed by atoms with Gasteiger partial charge in [-0.1, -0.05) is 57.9 Å². The van der Waals surface area contributed by atoms with E-state index in [-0.39, 0.29) is 23.0 Å². The van der Waals surface area contributed by atoms with Crippen molar-refractivity contribution in [3.63, 3.8) is 0 Å². The predicted molar refractivity (Wildman–Crippen MR) is 122 cm³/mol. The second kappa shape index (κ2) is 10.8. The minimum absolute atomic E-state index is 0.0213. The van der Waals surface area contributed by atoms with Gasteiger partial charge in [-0.15, -0.1) is 0 Å². The average Bonchev–Trinajstić information content (AvgIpc) is 2.58. The van der Waals surface area contributed by atoms with Crippen LogP contribution in [0, 0.1) is 11.8 Å². The Labute approximate surface area is 175 Å². The fourth-order valence-corrected chi connectivity index (χ4v) is 4.22. The molecule has 0 bridgehead atoms. The van der Waals surface area contributed by atoms with E-state index in [0.717, 1.165) is 32.1 Å². The van der Waals surface area contributed by atoms with Crippen LogP contribution < -0.4 is 0 Å². The lowest BCUT2D eigenvalue weighted by Gasteiger charge is -2.39. The van der Waals surface area contributed by atoms with Crippen molar-refractivity contribution < 1.29 is 14.0 Å². The average molecular weight is 409 g/mol. The molecule has 0 saturated carbocycles. The number of rotatable bonds is 9. The first-order valence-electron chi connectivity index (χ1n) is 11.0. The van der Waals surface area contributed by atoms with Gasteiger partial charge in [0.25, 0.3) is 0 Å². The summed E-state index contributed by atoms with van der Waals surface area (Å²) in [5.41, 5.74) is 2.81. The molecular weight excluding hydrogens is 364 g/mol. The van der Waals surface area contributed by atoms with E-state index in [1.54, 1.807) is 0 Å². The van der Waals surface area contributed by atoms with Crippen LogP contribution in [0.5, 0.6) is 0 Å². The summed E-state index contributed by atoms with van der Waals surface area (Å²) >= 11 is 0. The van der Waals surface area contributed by atoms with E-state index in [4.69, 9.17) is 9.16 Å². The van der Waals surface area contributed by atoms with E-state index in [9.17, 15) is 4.79 Å². The van der Waals surface area contributed by atoms with Gasteiger partial charge >= 0.3 is 5.97 Å². The first kappa shape index (κ1) is 25.2. The van der Waals surface area contributed by atoms with Gasteiger partial charge in [0, 0.05) is 0 Å². The maximum atomic E-state index is 12.6. The Morgan fingerprint density at radius 1 is 1.21 bits per heavy atom. The highest BCUT2D eigenvalue weighted by Gasteiger charge is 2.40. The topological polar surface area (TPSA) is 35.5 Å². The molecule has 0 radical (unpaired) electrons. The van der Waals surface area contributed by atoms with E-state index in [2.05, 4.69) is 73.7 Å². The molecule has 1 fully saturated rings. The molecule has 162 valence electrons. The Kier molecular flexibility index (Phi) is 9.68. The number of allylic oxidation sites excluding steroid dienone is 4. The number of carbonyl (C=O) groups is 1. The van der Waals surface area contributed by atoms with E-state index >= 15 is 0 Å². The Morgan fingerprint density at radius 2 is 1.86 bits per heavy atom. The summed E-state index contributed by atoms with van der Waals surface area (Å²) in [5, 5.41) is 0.174. The smallest absolute Gasteiger partial charge is 0.309 e. The number of ether oxygens (including phenoxy) is 1. The van der Waals surface area contributed by atoms with Crippen molar-refractivity contribution >= 4 is 14.3 Å². The van der Waals surface area contributed by atoms with Gasteiger partial charge in [-0.05, 0) is 70.0 Å². The van der Waals surface area contributed by atoms with Crippen molar-refractivity contribution in [1.82, 2.24) is 0 Å². The van der Waals surface area contributed by atoms with Crippen molar-refractivity contribution in [2.45, 2.75) is 105 Å². The number of hydrogen-bond acceptors (Lipinski definition) is 3. The highest BCUT2D eigenvalue weighted by atomic mass is 28.4. The number of cyclic esters (lactones) is 1. The van der Waals surface area contributed by atoms with Crippen molar-refractivity contribution in [2.75, 3.05) is 6.61 Å². The predicted octanol–water partition coefficient (Wildman–Crippen LogP) is 7.05. The van der Waals surface area contributed by atoms with Gasteiger partial charge in [0.1, 0.15) is 6.10 Å². The lowest BCUT2D eigenvalue weighted by atomic mass is 9.84. The molecule has 1 aliphatic rings. The van der Waals surface area contributed by atoms with Gasteiger partial charge < -0.3 is 9.16 Å². The minimum Gasteiger partial charge on any atom is -0.460 e. The molecule has 3 atom stereocenters. The second-order valence-corrected chi connectivity index (χ2v) is 15.0. The van der Waals surface area contributed by atoms with E-state index in [1.807, 2.05) is 0 Å². The van der Waals surface area contributed by atoms with Crippen LogP contribution in [0.15, 0.2) is 23.3 Å².